The summed E-state index contributed by atoms with van der Waals surface area (Å²) in [5, 5.41) is 3.11. The Morgan fingerprint density at radius 1 is 1.48 bits per heavy atom. The SMILES string of the molecule is CCCNc1cc(S(=O)(=O)N2CCOC(C)(C)C2)ccn1. The van der Waals surface area contributed by atoms with Crippen molar-refractivity contribution in [3.63, 3.8) is 0 Å². The molecule has 0 saturated carbocycles. The average molecular weight is 313 g/mol. The van der Waals surface area contributed by atoms with E-state index in [2.05, 4.69) is 10.3 Å². The zero-order chi connectivity index (χ0) is 15.5. The van der Waals surface area contributed by atoms with E-state index < -0.39 is 15.6 Å². The maximum atomic E-state index is 12.7. The number of hydrogen-bond donors (Lipinski definition) is 1. The van der Waals surface area contributed by atoms with Crippen molar-refractivity contribution in [1.29, 1.82) is 0 Å². The Labute approximate surface area is 126 Å². The van der Waals surface area contributed by atoms with Gasteiger partial charge in [0.1, 0.15) is 5.82 Å². The van der Waals surface area contributed by atoms with Gasteiger partial charge in [0, 0.05) is 31.9 Å². The van der Waals surface area contributed by atoms with E-state index >= 15 is 0 Å². The number of anilines is 1. The second kappa shape index (κ2) is 6.29. The molecule has 7 heteroatoms. The predicted octanol–water partition coefficient (Wildman–Crippen LogP) is 1.70. The van der Waals surface area contributed by atoms with Crippen LogP contribution in [0.15, 0.2) is 23.2 Å². The van der Waals surface area contributed by atoms with Crippen LogP contribution in [0.5, 0.6) is 0 Å². The van der Waals surface area contributed by atoms with Crippen LogP contribution in [0.4, 0.5) is 5.82 Å². The molecular weight excluding hydrogens is 290 g/mol. The molecule has 0 bridgehead atoms. The quantitative estimate of drug-likeness (QED) is 0.896. The Bertz CT molecular complexity index is 587. The van der Waals surface area contributed by atoms with Crippen LogP contribution in [0.25, 0.3) is 0 Å². The van der Waals surface area contributed by atoms with Crippen molar-refractivity contribution in [2.75, 3.05) is 31.6 Å². The fourth-order valence-corrected chi connectivity index (χ4v) is 3.84. The summed E-state index contributed by atoms with van der Waals surface area (Å²) >= 11 is 0. The van der Waals surface area contributed by atoms with Crippen LogP contribution in [-0.2, 0) is 14.8 Å². The first-order valence-electron chi connectivity index (χ1n) is 7.19. The van der Waals surface area contributed by atoms with Crippen LogP contribution >= 0.6 is 0 Å². The zero-order valence-corrected chi connectivity index (χ0v) is 13.6. The fourth-order valence-electron chi connectivity index (χ4n) is 2.25. The first kappa shape index (κ1) is 16.2. The molecule has 1 aliphatic heterocycles. The molecule has 1 fully saturated rings. The van der Waals surface area contributed by atoms with Gasteiger partial charge in [-0.2, -0.15) is 4.31 Å². The predicted molar refractivity (Wildman–Crippen MR) is 81.8 cm³/mol. The minimum absolute atomic E-state index is 0.272. The van der Waals surface area contributed by atoms with Gasteiger partial charge in [-0.15, -0.1) is 0 Å². The molecule has 118 valence electrons. The van der Waals surface area contributed by atoms with Crippen molar-refractivity contribution in [1.82, 2.24) is 9.29 Å². The third-order valence-electron chi connectivity index (χ3n) is 3.32. The standard InChI is InChI=1S/C14H23N3O3S/c1-4-6-15-13-10-12(5-7-16-13)21(18,19)17-8-9-20-14(2,3)11-17/h5,7,10H,4,6,8-9,11H2,1-3H3,(H,15,16). The lowest BCUT2D eigenvalue weighted by Crippen LogP contribution is -2.50. The third kappa shape index (κ3) is 3.93. The van der Waals surface area contributed by atoms with Crippen LogP contribution in [0.3, 0.4) is 0 Å². The molecule has 0 atom stereocenters. The molecule has 1 saturated heterocycles. The molecule has 0 aliphatic carbocycles. The van der Waals surface area contributed by atoms with Crippen LogP contribution in [0.1, 0.15) is 27.2 Å². The van der Waals surface area contributed by atoms with E-state index in [1.807, 2.05) is 20.8 Å². The van der Waals surface area contributed by atoms with Gasteiger partial charge in [-0.05, 0) is 26.3 Å². The van der Waals surface area contributed by atoms with E-state index in [-0.39, 0.29) is 4.90 Å². The van der Waals surface area contributed by atoms with Gasteiger partial charge in [-0.1, -0.05) is 6.92 Å². The van der Waals surface area contributed by atoms with Crippen LogP contribution in [-0.4, -0.2) is 49.5 Å². The number of pyridine rings is 1. The van der Waals surface area contributed by atoms with Crippen LogP contribution < -0.4 is 5.32 Å². The van der Waals surface area contributed by atoms with E-state index in [0.717, 1.165) is 13.0 Å². The van der Waals surface area contributed by atoms with Gasteiger partial charge in [-0.25, -0.2) is 13.4 Å². The van der Waals surface area contributed by atoms with Crippen molar-refractivity contribution in [2.24, 2.45) is 0 Å². The van der Waals surface area contributed by atoms with E-state index in [1.165, 1.54) is 16.6 Å². The first-order chi connectivity index (χ1) is 9.85. The Morgan fingerprint density at radius 3 is 2.90 bits per heavy atom. The molecule has 1 N–H and O–H groups in total. The minimum Gasteiger partial charge on any atom is -0.373 e. The Hall–Kier alpha value is -1.18. The van der Waals surface area contributed by atoms with Gasteiger partial charge in [0.15, 0.2) is 0 Å². The van der Waals surface area contributed by atoms with Crippen LogP contribution in [0, 0.1) is 0 Å². The molecular formula is C14H23N3O3S. The number of nitrogens with zero attached hydrogens (tertiary/aromatic N) is 2. The lowest BCUT2D eigenvalue weighted by molar-refractivity contribution is -0.0640. The molecule has 0 unspecified atom stereocenters. The smallest absolute Gasteiger partial charge is 0.243 e. The summed E-state index contributed by atoms with van der Waals surface area (Å²) < 4.78 is 32.5. The largest absolute Gasteiger partial charge is 0.373 e. The summed E-state index contributed by atoms with van der Waals surface area (Å²) in [5.41, 5.74) is -0.457. The van der Waals surface area contributed by atoms with Gasteiger partial charge < -0.3 is 10.1 Å². The van der Waals surface area contributed by atoms with Crippen molar-refractivity contribution >= 4 is 15.8 Å². The molecule has 6 nitrogen and oxygen atoms in total. The normalized spacial score (nSPS) is 19.4. The highest BCUT2D eigenvalue weighted by Crippen LogP contribution is 2.24. The molecule has 0 spiro atoms. The molecule has 0 radical (unpaired) electrons. The number of aromatic nitrogens is 1. The number of sulfonamides is 1. The van der Waals surface area contributed by atoms with Crippen molar-refractivity contribution < 1.29 is 13.2 Å². The number of morpholine rings is 1. The zero-order valence-electron chi connectivity index (χ0n) is 12.8. The highest BCUT2D eigenvalue weighted by Gasteiger charge is 2.34. The third-order valence-corrected chi connectivity index (χ3v) is 5.16. The monoisotopic (exact) mass is 313 g/mol. The first-order valence-corrected chi connectivity index (χ1v) is 8.63. The van der Waals surface area contributed by atoms with Gasteiger partial charge in [-0.3, -0.25) is 0 Å². The van der Waals surface area contributed by atoms with Crippen LogP contribution in [0.2, 0.25) is 0 Å². The van der Waals surface area contributed by atoms with Gasteiger partial charge in [0.05, 0.1) is 17.1 Å². The maximum Gasteiger partial charge on any atom is 0.243 e. The topological polar surface area (TPSA) is 71.5 Å². The van der Waals surface area contributed by atoms with Crippen molar-refractivity contribution in [3.8, 4) is 0 Å². The number of ether oxygens (including phenoxy) is 1. The average Bonchev–Trinajstić information content (AvgIpc) is 2.44. The van der Waals surface area contributed by atoms with E-state index in [9.17, 15) is 8.42 Å². The van der Waals surface area contributed by atoms with Gasteiger partial charge in [0.25, 0.3) is 0 Å². The molecule has 0 aromatic carbocycles. The Balaban J connectivity index is 2.23. The molecule has 2 heterocycles. The van der Waals surface area contributed by atoms with E-state index in [0.29, 0.717) is 25.5 Å². The van der Waals surface area contributed by atoms with E-state index in [1.54, 1.807) is 6.07 Å². The molecule has 21 heavy (non-hydrogen) atoms. The molecule has 1 aromatic rings. The molecule has 1 aromatic heterocycles. The van der Waals surface area contributed by atoms with Crippen molar-refractivity contribution in [3.05, 3.63) is 18.3 Å². The summed E-state index contributed by atoms with van der Waals surface area (Å²) in [7, 11) is -3.51. The Kier molecular flexibility index (Phi) is 4.85. The summed E-state index contributed by atoms with van der Waals surface area (Å²) in [6.07, 6.45) is 2.48. The van der Waals surface area contributed by atoms with Gasteiger partial charge >= 0.3 is 0 Å². The number of nitrogens with one attached hydrogen (secondary N) is 1. The maximum absolute atomic E-state index is 12.7. The Morgan fingerprint density at radius 2 is 2.24 bits per heavy atom. The summed E-state index contributed by atoms with van der Waals surface area (Å²) in [4.78, 5) is 4.42. The minimum atomic E-state index is -3.51. The lowest BCUT2D eigenvalue weighted by atomic mass is 10.1. The second-order valence-corrected chi connectivity index (χ2v) is 7.69. The summed E-state index contributed by atoms with van der Waals surface area (Å²) in [5.74, 6) is 0.588. The number of hydrogen-bond acceptors (Lipinski definition) is 5. The second-order valence-electron chi connectivity index (χ2n) is 5.75. The molecule has 0 amide bonds. The molecule has 2 rings (SSSR count). The fraction of sp³-hybridized carbons (Fsp3) is 0.643. The summed E-state index contributed by atoms with van der Waals surface area (Å²) in [6, 6.07) is 3.13. The highest BCUT2D eigenvalue weighted by atomic mass is 32.2. The van der Waals surface area contributed by atoms with Crippen molar-refractivity contribution in [2.45, 2.75) is 37.7 Å². The molecule has 1 aliphatic rings. The lowest BCUT2D eigenvalue weighted by Gasteiger charge is -2.37. The van der Waals surface area contributed by atoms with E-state index in [4.69, 9.17) is 4.74 Å². The number of rotatable bonds is 5. The highest BCUT2D eigenvalue weighted by molar-refractivity contribution is 7.89. The summed E-state index contributed by atoms with van der Waals surface area (Å²) in [6.45, 7) is 7.76. The van der Waals surface area contributed by atoms with Gasteiger partial charge in [0.2, 0.25) is 10.0 Å².